The maximum atomic E-state index is 8.53. The van der Waals surface area contributed by atoms with Gasteiger partial charge in [-0.3, -0.25) is 0 Å². The van der Waals surface area contributed by atoms with E-state index in [1.807, 2.05) is 0 Å². The zero-order chi connectivity index (χ0) is 16.9. The lowest BCUT2D eigenvalue weighted by Crippen LogP contribution is -2.14. The molecular formula is C17H40O4. The van der Waals surface area contributed by atoms with Crippen LogP contribution in [0.25, 0.3) is 0 Å². The first-order valence-electron chi connectivity index (χ1n) is 8.22. The van der Waals surface area contributed by atoms with E-state index in [0.717, 1.165) is 19.4 Å². The monoisotopic (exact) mass is 308 g/mol. The van der Waals surface area contributed by atoms with Crippen LogP contribution in [0.15, 0.2) is 0 Å². The van der Waals surface area contributed by atoms with Gasteiger partial charge in [0, 0.05) is 27.9 Å². The molecule has 0 aliphatic heterocycles. The maximum Gasteiger partial charge on any atom is 0.0801 e. The summed E-state index contributed by atoms with van der Waals surface area (Å²) in [5, 5.41) is 8.53. The van der Waals surface area contributed by atoms with Gasteiger partial charge in [0.15, 0.2) is 0 Å². The fraction of sp³-hybridized carbons (Fsp3) is 1.00. The maximum absolute atomic E-state index is 8.53. The predicted molar refractivity (Wildman–Crippen MR) is 91.0 cm³/mol. The number of ether oxygens (including phenoxy) is 3. The Hall–Kier alpha value is -0.160. The van der Waals surface area contributed by atoms with Crippen molar-refractivity contribution in [2.45, 2.75) is 78.4 Å². The second-order valence-electron chi connectivity index (χ2n) is 5.01. The largest absolute Gasteiger partial charge is 0.394 e. The van der Waals surface area contributed by atoms with Crippen molar-refractivity contribution in [3.05, 3.63) is 0 Å². The highest BCUT2D eigenvalue weighted by Crippen LogP contribution is 1.98. The Kier molecular flexibility index (Phi) is 30.5. The molecular weight excluding hydrogens is 268 g/mol. The van der Waals surface area contributed by atoms with E-state index in [4.69, 9.17) is 19.3 Å². The molecule has 4 heteroatoms. The highest BCUT2D eigenvalue weighted by Gasteiger charge is 2.00. The van der Waals surface area contributed by atoms with E-state index in [1.165, 1.54) is 25.7 Å². The molecule has 0 radical (unpaired) electrons. The number of unbranched alkanes of at least 4 members (excludes halogenated alkanes) is 1. The SMILES string of the molecule is CCCC(C)OC.CCCC(CO)OC.CCCCOC. The van der Waals surface area contributed by atoms with E-state index in [2.05, 4.69) is 27.7 Å². The normalized spacial score (nSPS) is 12.6. The molecule has 0 aliphatic rings. The van der Waals surface area contributed by atoms with Gasteiger partial charge in [-0.05, 0) is 26.2 Å². The summed E-state index contributed by atoms with van der Waals surface area (Å²) in [7, 11) is 5.10. The fourth-order valence-electron chi connectivity index (χ4n) is 1.42. The second kappa shape index (κ2) is 24.8. The summed E-state index contributed by atoms with van der Waals surface area (Å²) in [5.41, 5.74) is 0. The first-order valence-corrected chi connectivity index (χ1v) is 8.22. The summed E-state index contributed by atoms with van der Waals surface area (Å²) in [4.78, 5) is 0. The summed E-state index contributed by atoms with van der Waals surface area (Å²) < 4.78 is 14.7. The molecule has 2 atom stereocenters. The molecule has 0 aromatic carbocycles. The highest BCUT2D eigenvalue weighted by atomic mass is 16.5. The number of rotatable bonds is 10. The molecule has 0 bridgehead atoms. The van der Waals surface area contributed by atoms with Crippen molar-refractivity contribution in [1.82, 2.24) is 0 Å². The third-order valence-electron chi connectivity index (χ3n) is 2.95. The van der Waals surface area contributed by atoms with E-state index in [-0.39, 0.29) is 12.7 Å². The van der Waals surface area contributed by atoms with Gasteiger partial charge in [0.1, 0.15) is 0 Å². The van der Waals surface area contributed by atoms with E-state index in [9.17, 15) is 0 Å². The lowest BCUT2D eigenvalue weighted by molar-refractivity contribution is 0.0428. The average molecular weight is 309 g/mol. The number of hydrogen-bond donors (Lipinski definition) is 1. The zero-order valence-electron chi connectivity index (χ0n) is 15.5. The number of aliphatic hydroxyl groups excluding tert-OH is 1. The Morgan fingerprint density at radius 3 is 1.57 bits per heavy atom. The van der Waals surface area contributed by atoms with Crippen LogP contribution in [-0.4, -0.2) is 51.9 Å². The first-order chi connectivity index (χ1) is 10.1. The zero-order valence-corrected chi connectivity index (χ0v) is 15.5. The van der Waals surface area contributed by atoms with Crippen LogP contribution in [0.2, 0.25) is 0 Å². The van der Waals surface area contributed by atoms with Gasteiger partial charge in [0.2, 0.25) is 0 Å². The topological polar surface area (TPSA) is 47.9 Å². The van der Waals surface area contributed by atoms with E-state index >= 15 is 0 Å². The van der Waals surface area contributed by atoms with Gasteiger partial charge in [-0.25, -0.2) is 0 Å². The Labute approximate surface area is 133 Å². The summed E-state index contributed by atoms with van der Waals surface area (Å²) >= 11 is 0. The second-order valence-corrected chi connectivity index (χ2v) is 5.01. The van der Waals surface area contributed by atoms with E-state index in [1.54, 1.807) is 21.3 Å². The molecule has 0 saturated heterocycles. The molecule has 1 N–H and O–H groups in total. The lowest BCUT2D eigenvalue weighted by Gasteiger charge is -2.08. The molecule has 2 unspecified atom stereocenters. The minimum Gasteiger partial charge on any atom is -0.394 e. The van der Waals surface area contributed by atoms with Crippen molar-refractivity contribution in [3.8, 4) is 0 Å². The van der Waals surface area contributed by atoms with Crippen molar-refractivity contribution < 1.29 is 19.3 Å². The van der Waals surface area contributed by atoms with Crippen LogP contribution in [-0.2, 0) is 14.2 Å². The molecule has 0 amide bonds. The Morgan fingerprint density at radius 1 is 0.857 bits per heavy atom. The molecule has 0 rings (SSSR count). The fourth-order valence-corrected chi connectivity index (χ4v) is 1.42. The van der Waals surface area contributed by atoms with Gasteiger partial charge >= 0.3 is 0 Å². The molecule has 132 valence electrons. The van der Waals surface area contributed by atoms with Crippen LogP contribution in [0, 0.1) is 0 Å². The molecule has 0 aromatic heterocycles. The van der Waals surface area contributed by atoms with E-state index < -0.39 is 0 Å². The molecule has 0 aliphatic carbocycles. The lowest BCUT2D eigenvalue weighted by atomic mass is 10.2. The van der Waals surface area contributed by atoms with Gasteiger partial charge in [-0.1, -0.05) is 40.0 Å². The van der Waals surface area contributed by atoms with Crippen LogP contribution in [0.3, 0.4) is 0 Å². The summed E-state index contributed by atoms with van der Waals surface area (Å²) in [6, 6.07) is 0. The van der Waals surface area contributed by atoms with Crippen LogP contribution in [0.4, 0.5) is 0 Å². The molecule has 0 fully saturated rings. The van der Waals surface area contributed by atoms with Crippen molar-refractivity contribution in [1.29, 1.82) is 0 Å². The molecule has 21 heavy (non-hydrogen) atoms. The molecule has 0 aromatic rings. The standard InChI is InChI=1S/C6H14O2.C6H14O.C5H12O/c1-3-4-6(5-7)8-2;1-4-5-6(2)7-3;1-3-4-5-6-2/h6-7H,3-5H2,1-2H3;6H,4-5H2,1-3H3;3-5H2,1-2H3. The Balaban J connectivity index is -0.000000234. The minimum absolute atomic E-state index is 0.0556. The number of hydrogen-bond acceptors (Lipinski definition) is 4. The van der Waals surface area contributed by atoms with Crippen LogP contribution >= 0.6 is 0 Å². The summed E-state index contributed by atoms with van der Waals surface area (Å²) in [5.74, 6) is 0. The van der Waals surface area contributed by atoms with Gasteiger partial charge in [0.25, 0.3) is 0 Å². The van der Waals surface area contributed by atoms with Crippen molar-refractivity contribution in [2.24, 2.45) is 0 Å². The molecule has 0 heterocycles. The number of methoxy groups -OCH3 is 3. The minimum atomic E-state index is 0.0556. The smallest absolute Gasteiger partial charge is 0.0801 e. The quantitative estimate of drug-likeness (QED) is 0.619. The first kappa shape index (κ1) is 25.8. The van der Waals surface area contributed by atoms with Gasteiger partial charge in [0.05, 0.1) is 18.8 Å². The van der Waals surface area contributed by atoms with Gasteiger partial charge in [-0.2, -0.15) is 0 Å². The highest BCUT2D eigenvalue weighted by molar-refractivity contribution is 4.51. The van der Waals surface area contributed by atoms with Crippen molar-refractivity contribution in [2.75, 3.05) is 34.5 Å². The average Bonchev–Trinajstić information content (AvgIpc) is 2.52. The Morgan fingerprint density at radius 2 is 1.43 bits per heavy atom. The molecule has 0 saturated carbocycles. The van der Waals surface area contributed by atoms with Crippen LogP contribution < -0.4 is 0 Å². The van der Waals surface area contributed by atoms with Gasteiger partial charge in [-0.15, -0.1) is 0 Å². The predicted octanol–water partition coefficient (Wildman–Crippen LogP) is 4.05. The Bertz CT molecular complexity index is 146. The summed E-state index contributed by atoms with van der Waals surface area (Å²) in [6.07, 6.45) is 7.34. The van der Waals surface area contributed by atoms with Gasteiger partial charge < -0.3 is 19.3 Å². The van der Waals surface area contributed by atoms with Crippen molar-refractivity contribution >= 4 is 0 Å². The van der Waals surface area contributed by atoms with Crippen LogP contribution in [0.1, 0.15) is 66.2 Å². The van der Waals surface area contributed by atoms with Crippen molar-refractivity contribution in [3.63, 3.8) is 0 Å². The third kappa shape index (κ3) is 28.7. The molecule has 4 nitrogen and oxygen atoms in total. The van der Waals surface area contributed by atoms with Crippen LogP contribution in [0.5, 0.6) is 0 Å². The van der Waals surface area contributed by atoms with E-state index in [0.29, 0.717) is 6.10 Å². The third-order valence-corrected chi connectivity index (χ3v) is 2.95. The summed E-state index contributed by atoms with van der Waals surface area (Å²) in [6.45, 7) is 9.53. The molecule has 0 spiro atoms. The number of aliphatic hydroxyl groups is 1.